The van der Waals surface area contributed by atoms with E-state index in [1.807, 2.05) is 19.9 Å². The van der Waals surface area contributed by atoms with Gasteiger partial charge < -0.3 is 4.42 Å². The lowest BCUT2D eigenvalue weighted by atomic mass is 10.2. The predicted octanol–water partition coefficient (Wildman–Crippen LogP) is 2.39. The first-order chi connectivity index (χ1) is 12.9. The van der Waals surface area contributed by atoms with Gasteiger partial charge in [-0.1, -0.05) is 0 Å². The van der Waals surface area contributed by atoms with Crippen LogP contribution in [0.15, 0.2) is 28.2 Å². The number of carbonyl (C=O) groups is 2. The number of hydrazine groups is 1. The van der Waals surface area contributed by atoms with E-state index in [4.69, 9.17) is 4.42 Å². The fourth-order valence-electron chi connectivity index (χ4n) is 2.35. The molecule has 0 aliphatic heterocycles. The van der Waals surface area contributed by atoms with Gasteiger partial charge in [-0.25, -0.2) is 15.0 Å². The van der Waals surface area contributed by atoms with Crippen molar-refractivity contribution in [1.82, 2.24) is 20.4 Å². The van der Waals surface area contributed by atoms with E-state index in [9.17, 15) is 9.59 Å². The van der Waals surface area contributed by atoms with Gasteiger partial charge in [0.05, 0.1) is 23.9 Å². The minimum atomic E-state index is -0.305. The molecule has 3 aromatic rings. The number of carbonyl (C=O) groups excluding carboxylic acids is 2. The van der Waals surface area contributed by atoms with Crippen LogP contribution in [-0.2, 0) is 11.2 Å². The highest BCUT2D eigenvalue weighted by Gasteiger charge is 2.14. The smallest absolute Gasteiger partial charge is 0.260 e. The van der Waals surface area contributed by atoms with Crippen molar-refractivity contribution in [2.75, 3.05) is 10.7 Å². The molecule has 0 spiro atoms. The number of hydrogen-bond acceptors (Lipinski definition) is 8. The maximum Gasteiger partial charge on any atom is 0.260 e. The minimum absolute atomic E-state index is 0.0505. The van der Waals surface area contributed by atoms with E-state index in [0.29, 0.717) is 28.1 Å². The molecule has 0 atom stereocenters. The predicted molar refractivity (Wildman–Crippen MR) is 100 cm³/mol. The van der Waals surface area contributed by atoms with Crippen LogP contribution < -0.4 is 16.2 Å². The summed E-state index contributed by atoms with van der Waals surface area (Å²) >= 11 is 1.24. The molecule has 9 nitrogen and oxygen atoms in total. The molecule has 3 heterocycles. The van der Waals surface area contributed by atoms with Gasteiger partial charge in [0.15, 0.2) is 5.13 Å². The van der Waals surface area contributed by atoms with E-state index in [1.54, 1.807) is 18.4 Å². The average molecular weight is 386 g/mol. The lowest BCUT2D eigenvalue weighted by molar-refractivity contribution is -0.120. The van der Waals surface area contributed by atoms with E-state index >= 15 is 0 Å². The van der Waals surface area contributed by atoms with Crippen molar-refractivity contribution in [2.24, 2.45) is 0 Å². The van der Waals surface area contributed by atoms with Crippen LogP contribution in [0.1, 0.15) is 33.2 Å². The maximum atomic E-state index is 12.1. The van der Waals surface area contributed by atoms with Gasteiger partial charge in [-0.15, -0.1) is 11.3 Å². The maximum absolute atomic E-state index is 12.1. The van der Waals surface area contributed by atoms with Gasteiger partial charge in [0.1, 0.15) is 5.76 Å². The molecule has 0 saturated carbocycles. The molecule has 3 N–H and O–H groups in total. The number of amides is 2. The van der Waals surface area contributed by atoms with Crippen LogP contribution in [0.3, 0.4) is 0 Å². The monoisotopic (exact) mass is 386 g/mol. The average Bonchev–Trinajstić information content (AvgIpc) is 3.21. The van der Waals surface area contributed by atoms with Gasteiger partial charge in [0.25, 0.3) is 5.91 Å². The highest BCUT2D eigenvalue weighted by Crippen LogP contribution is 2.18. The number of aromatic nitrogens is 3. The molecule has 0 saturated heterocycles. The first kappa shape index (κ1) is 18.5. The summed E-state index contributed by atoms with van der Waals surface area (Å²) in [4.78, 5) is 36.8. The molecule has 140 valence electrons. The summed E-state index contributed by atoms with van der Waals surface area (Å²) in [7, 11) is 0. The number of hydrogen-bond donors (Lipinski definition) is 3. The lowest BCUT2D eigenvalue weighted by Crippen LogP contribution is -2.31. The van der Waals surface area contributed by atoms with Crippen LogP contribution in [0.5, 0.6) is 0 Å². The molecule has 27 heavy (non-hydrogen) atoms. The Kier molecular flexibility index (Phi) is 5.46. The third kappa shape index (κ3) is 4.88. The van der Waals surface area contributed by atoms with Crippen molar-refractivity contribution >= 4 is 34.2 Å². The Morgan fingerprint density at radius 2 is 1.89 bits per heavy atom. The summed E-state index contributed by atoms with van der Waals surface area (Å²) in [6.07, 6.45) is 1.50. The lowest BCUT2D eigenvalue weighted by Gasteiger charge is -2.07. The van der Waals surface area contributed by atoms with Crippen LogP contribution in [0.2, 0.25) is 0 Å². The van der Waals surface area contributed by atoms with Crippen molar-refractivity contribution in [2.45, 2.75) is 27.2 Å². The fraction of sp³-hybridized carbons (Fsp3) is 0.235. The van der Waals surface area contributed by atoms with Gasteiger partial charge in [-0.2, -0.15) is 0 Å². The van der Waals surface area contributed by atoms with Gasteiger partial charge in [0, 0.05) is 16.8 Å². The zero-order valence-corrected chi connectivity index (χ0v) is 15.8. The fourth-order valence-corrected chi connectivity index (χ4v) is 3.05. The summed E-state index contributed by atoms with van der Waals surface area (Å²) in [6, 6.07) is 3.43. The normalized spacial score (nSPS) is 10.5. The van der Waals surface area contributed by atoms with Gasteiger partial charge >= 0.3 is 0 Å². The molecule has 3 aromatic heterocycles. The van der Waals surface area contributed by atoms with E-state index < -0.39 is 0 Å². The second-order valence-electron chi connectivity index (χ2n) is 5.81. The molecular formula is C17H18N6O3S. The summed E-state index contributed by atoms with van der Waals surface area (Å²) < 4.78 is 5.11. The molecule has 0 radical (unpaired) electrons. The molecule has 0 aromatic carbocycles. The number of nitrogens with zero attached hydrogens (tertiary/aromatic N) is 3. The SMILES string of the molecule is Cc1cc(C)nc(NNC(=O)Cc2csc(NC(=O)c3ccoc3C)n2)n1. The minimum Gasteiger partial charge on any atom is -0.469 e. The van der Waals surface area contributed by atoms with Crippen LogP contribution in [0.25, 0.3) is 0 Å². The Hall–Kier alpha value is -3.27. The van der Waals surface area contributed by atoms with Gasteiger partial charge in [0.2, 0.25) is 11.9 Å². The molecule has 3 rings (SSSR count). The molecule has 0 unspecified atom stereocenters. The Bertz CT molecular complexity index is 960. The molecule has 0 aliphatic carbocycles. The third-order valence-electron chi connectivity index (χ3n) is 3.51. The summed E-state index contributed by atoms with van der Waals surface area (Å²) in [5.41, 5.74) is 7.80. The van der Waals surface area contributed by atoms with Crippen molar-refractivity contribution < 1.29 is 14.0 Å². The second-order valence-corrected chi connectivity index (χ2v) is 6.67. The molecule has 2 amide bonds. The van der Waals surface area contributed by atoms with Crippen molar-refractivity contribution in [3.63, 3.8) is 0 Å². The van der Waals surface area contributed by atoms with E-state index in [2.05, 4.69) is 31.1 Å². The van der Waals surface area contributed by atoms with Gasteiger partial charge in [-0.3, -0.25) is 25.8 Å². The Labute approximate surface area is 159 Å². The molecular weight excluding hydrogens is 368 g/mol. The summed E-state index contributed by atoms with van der Waals surface area (Å²) in [5, 5.41) is 4.81. The first-order valence-electron chi connectivity index (χ1n) is 8.07. The number of aryl methyl sites for hydroxylation is 3. The van der Waals surface area contributed by atoms with E-state index in [1.165, 1.54) is 17.6 Å². The summed E-state index contributed by atoms with van der Waals surface area (Å²) in [6.45, 7) is 5.40. The van der Waals surface area contributed by atoms with Gasteiger partial charge in [-0.05, 0) is 32.9 Å². The largest absolute Gasteiger partial charge is 0.469 e. The van der Waals surface area contributed by atoms with E-state index in [0.717, 1.165) is 11.4 Å². The number of anilines is 2. The zero-order valence-electron chi connectivity index (χ0n) is 15.0. The van der Waals surface area contributed by atoms with Crippen LogP contribution in [0.4, 0.5) is 11.1 Å². The van der Waals surface area contributed by atoms with E-state index in [-0.39, 0.29) is 18.2 Å². The molecule has 10 heteroatoms. The molecule has 0 fully saturated rings. The third-order valence-corrected chi connectivity index (χ3v) is 4.32. The Morgan fingerprint density at radius 1 is 1.15 bits per heavy atom. The standard InChI is InChI=1S/C17H18N6O3S/c1-9-6-10(2)19-16(18-9)23-22-14(24)7-12-8-27-17(20-12)21-15(25)13-4-5-26-11(13)3/h4-6,8H,7H2,1-3H3,(H,22,24)(H,18,19,23)(H,20,21,25). The first-order valence-corrected chi connectivity index (χ1v) is 8.95. The summed E-state index contributed by atoms with van der Waals surface area (Å²) in [5.74, 6) is 0.248. The molecule has 0 aliphatic rings. The van der Waals surface area contributed by atoms with Crippen molar-refractivity contribution in [3.05, 3.63) is 52.2 Å². The zero-order chi connectivity index (χ0) is 19.4. The molecule has 0 bridgehead atoms. The number of rotatable bonds is 6. The topological polar surface area (TPSA) is 122 Å². The number of nitrogens with one attached hydrogen (secondary N) is 3. The van der Waals surface area contributed by atoms with Crippen LogP contribution in [0, 0.1) is 20.8 Å². The van der Waals surface area contributed by atoms with Crippen LogP contribution >= 0.6 is 11.3 Å². The van der Waals surface area contributed by atoms with Crippen LogP contribution in [-0.4, -0.2) is 26.8 Å². The van der Waals surface area contributed by atoms with Crippen molar-refractivity contribution in [3.8, 4) is 0 Å². The Morgan fingerprint density at radius 3 is 2.56 bits per heavy atom. The highest BCUT2D eigenvalue weighted by atomic mass is 32.1. The number of furan rings is 1. The quantitative estimate of drug-likeness (QED) is 0.556. The highest BCUT2D eigenvalue weighted by molar-refractivity contribution is 7.14. The Balaban J connectivity index is 1.53. The second kappa shape index (κ2) is 7.96. The van der Waals surface area contributed by atoms with Crippen molar-refractivity contribution in [1.29, 1.82) is 0 Å². The number of thiazole rings is 1.